The van der Waals surface area contributed by atoms with Crippen molar-refractivity contribution >= 4 is 11.4 Å². The number of aromatic nitrogens is 2. The third-order valence-electron chi connectivity index (χ3n) is 2.23. The SMILES string of the molecule is Cc1ccc(NCc2ccn[nH]2)c(N)c1. The Morgan fingerprint density at radius 1 is 1.40 bits per heavy atom. The highest BCUT2D eigenvalue weighted by Crippen LogP contribution is 2.19. The largest absolute Gasteiger partial charge is 0.397 e. The van der Waals surface area contributed by atoms with Gasteiger partial charge in [0, 0.05) is 6.20 Å². The molecule has 4 N–H and O–H groups in total. The van der Waals surface area contributed by atoms with E-state index in [1.807, 2.05) is 31.2 Å². The molecule has 1 aromatic heterocycles. The number of nitrogens with zero attached hydrogens (tertiary/aromatic N) is 1. The third-order valence-corrected chi connectivity index (χ3v) is 2.23. The molecule has 0 bridgehead atoms. The molecule has 15 heavy (non-hydrogen) atoms. The van der Waals surface area contributed by atoms with Gasteiger partial charge in [-0.25, -0.2) is 0 Å². The first-order valence-electron chi connectivity index (χ1n) is 4.84. The van der Waals surface area contributed by atoms with Crippen LogP contribution < -0.4 is 11.1 Å². The number of hydrogen-bond donors (Lipinski definition) is 3. The standard InChI is InChI=1S/C11H14N4/c1-8-2-3-11(10(12)6-8)13-7-9-4-5-14-15-9/h2-6,13H,7,12H2,1H3,(H,14,15). The van der Waals surface area contributed by atoms with E-state index >= 15 is 0 Å². The summed E-state index contributed by atoms with van der Waals surface area (Å²) in [4.78, 5) is 0. The average Bonchev–Trinajstić information content (AvgIpc) is 2.69. The van der Waals surface area contributed by atoms with E-state index < -0.39 is 0 Å². The maximum Gasteiger partial charge on any atom is 0.0577 e. The molecule has 78 valence electrons. The number of hydrogen-bond acceptors (Lipinski definition) is 3. The van der Waals surface area contributed by atoms with Crippen LogP contribution in [-0.2, 0) is 6.54 Å². The van der Waals surface area contributed by atoms with Gasteiger partial charge in [-0.05, 0) is 30.7 Å². The lowest BCUT2D eigenvalue weighted by molar-refractivity contribution is 0.982. The monoisotopic (exact) mass is 202 g/mol. The lowest BCUT2D eigenvalue weighted by Crippen LogP contribution is -2.02. The Bertz CT molecular complexity index is 434. The van der Waals surface area contributed by atoms with Crippen LogP contribution in [-0.4, -0.2) is 10.2 Å². The Hall–Kier alpha value is -1.97. The fourth-order valence-corrected chi connectivity index (χ4v) is 1.42. The lowest BCUT2D eigenvalue weighted by Gasteiger charge is -2.08. The van der Waals surface area contributed by atoms with E-state index in [4.69, 9.17) is 5.73 Å². The van der Waals surface area contributed by atoms with Crippen molar-refractivity contribution in [3.05, 3.63) is 41.7 Å². The predicted molar refractivity (Wildman–Crippen MR) is 61.5 cm³/mol. The number of nitrogen functional groups attached to an aromatic ring is 1. The molecule has 0 saturated heterocycles. The number of anilines is 2. The van der Waals surface area contributed by atoms with Gasteiger partial charge in [0.1, 0.15) is 0 Å². The molecule has 1 aromatic carbocycles. The van der Waals surface area contributed by atoms with Gasteiger partial charge in [-0.15, -0.1) is 0 Å². The fourth-order valence-electron chi connectivity index (χ4n) is 1.42. The molecule has 2 rings (SSSR count). The first-order chi connectivity index (χ1) is 7.25. The van der Waals surface area contributed by atoms with Crippen molar-refractivity contribution in [2.24, 2.45) is 0 Å². The van der Waals surface area contributed by atoms with Gasteiger partial charge >= 0.3 is 0 Å². The van der Waals surface area contributed by atoms with Crippen LogP contribution in [0.4, 0.5) is 11.4 Å². The smallest absolute Gasteiger partial charge is 0.0577 e. The molecule has 0 fully saturated rings. The maximum atomic E-state index is 5.87. The van der Waals surface area contributed by atoms with E-state index in [0.717, 1.165) is 17.1 Å². The van der Waals surface area contributed by atoms with Crippen LogP contribution in [0.15, 0.2) is 30.5 Å². The molecule has 0 unspecified atom stereocenters. The van der Waals surface area contributed by atoms with Crippen molar-refractivity contribution in [2.75, 3.05) is 11.1 Å². The minimum Gasteiger partial charge on any atom is -0.397 e. The predicted octanol–water partition coefficient (Wildman–Crippen LogP) is 1.91. The number of benzene rings is 1. The fraction of sp³-hybridized carbons (Fsp3) is 0.182. The Labute approximate surface area is 88.5 Å². The third kappa shape index (κ3) is 2.28. The van der Waals surface area contributed by atoms with Crippen LogP contribution in [0.3, 0.4) is 0 Å². The first kappa shape index (κ1) is 9.58. The van der Waals surface area contributed by atoms with Crippen molar-refractivity contribution < 1.29 is 0 Å². The minimum atomic E-state index is 0.702. The Morgan fingerprint density at radius 2 is 2.27 bits per heavy atom. The van der Waals surface area contributed by atoms with Crippen molar-refractivity contribution in [3.8, 4) is 0 Å². The molecule has 0 aliphatic carbocycles. The van der Waals surface area contributed by atoms with Crippen LogP contribution in [0.2, 0.25) is 0 Å². The molecule has 0 amide bonds. The van der Waals surface area contributed by atoms with E-state index in [2.05, 4.69) is 15.5 Å². The summed E-state index contributed by atoms with van der Waals surface area (Å²) in [5.41, 5.74) is 9.80. The summed E-state index contributed by atoms with van der Waals surface area (Å²) in [5.74, 6) is 0. The highest BCUT2D eigenvalue weighted by Gasteiger charge is 1.99. The summed E-state index contributed by atoms with van der Waals surface area (Å²) >= 11 is 0. The number of aromatic amines is 1. The van der Waals surface area contributed by atoms with Crippen LogP contribution in [0.5, 0.6) is 0 Å². The molecule has 4 nitrogen and oxygen atoms in total. The summed E-state index contributed by atoms with van der Waals surface area (Å²) < 4.78 is 0. The normalized spacial score (nSPS) is 10.2. The van der Waals surface area contributed by atoms with Gasteiger partial charge in [-0.1, -0.05) is 6.07 Å². The summed E-state index contributed by atoms with van der Waals surface area (Å²) in [6.07, 6.45) is 1.73. The molecule has 2 aromatic rings. The van der Waals surface area contributed by atoms with Crippen molar-refractivity contribution in [1.29, 1.82) is 0 Å². The second-order valence-corrected chi connectivity index (χ2v) is 3.53. The molecule has 0 atom stereocenters. The van der Waals surface area contributed by atoms with E-state index in [0.29, 0.717) is 6.54 Å². The quantitative estimate of drug-likeness (QED) is 0.666. The molecule has 0 saturated carbocycles. The average molecular weight is 202 g/mol. The number of H-pyrrole nitrogens is 1. The molecule has 4 heteroatoms. The number of nitrogens with one attached hydrogen (secondary N) is 2. The molecule has 0 radical (unpaired) electrons. The molecular formula is C11H14N4. The number of nitrogens with two attached hydrogens (primary N) is 1. The van der Waals surface area contributed by atoms with Crippen molar-refractivity contribution in [3.63, 3.8) is 0 Å². The van der Waals surface area contributed by atoms with Gasteiger partial charge in [-0.3, -0.25) is 5.10 Å². The zero-order valence-corrected chi connectivity index (χ0v) is 8.62. The zero-order valence-electron chi connectivity index (χ0n) is 8.62. The van der Waals surface area contributed by atoms with Crippen LogP contribution in [0, 0.1) is 6.92 Å². The van der Waals surface area contributed by atoms with Gasteiger partial charge in [0.25, 0.3) is 0 Å². The molecular weight excluding hydrogens is 188 g/mol. The van der Waals surface area contributed by atoms with E-state index in [1.54, 1.807) is 6.20 Å². The second kappa shape index (κ2) is 4.04. The Morgan fingerprint density at radius 3 is 2.93 bits per heavy atom. The van der Waals surface area contributed by atoms with Crippen molar-refractivity contribution in [1.82, 2.24) is 10.2 Å². The summed E-state index contributed by atoms with van der Waals surface area (Å²) in [6, 6.07) is 7.90. The van der Waals surface area contributed by atoms with E-state index in [-0.39, 0.29) is 0 Å². The highest BCUT2D eigenvalue weighted by molar-refractivity contribution is 5.66. The van der Waals surface area contributed by atoms with E-state index in [1.165, 1.54) is 5.56 Å². The number of aryl methyl sites for hydroxylation is 1. The van der Waals surface area contributed by atoms with Gasteiger partial charge in [0.05, 0.1) is 23.6 Å². The Balaban J connectivity index is 2.05. The highest BCUT2D eigenvalue weighted by atomic mass is 15.1. The Kier molecular flexibility index (Phi) is 2.58. The molecule has 0 spiro atoms. The maximum absolute atomic E-state index is 5.87. The first-order valence-corrected chi connectivity index (χ1v) is 4.84. The summed E-state index contributed by atoms with van der Waals surface area (Å²) in [7, 11) is 0. The van der Waals surface area contributed by atoms with Gasteiger partial charge in [0.2, 0.25) is 0 Å². The molecule has 0 aliphatic rings. The lowest BCUT2D eigenvalue weighted by atomic mass is 10.2. The summed E-state index contributed by atoms with van der Waals surface area (Å²) in [6.45, 7) is 2.72. The topological polar surface area (TPSA) is 66.7 Å². The van der Waals surface area contributed by atoms with Gasteiger partial charge in [-0.2, -0.15) is 5.10 Å². The summed E-state index contributed by atoms with van der Waals surface area (Å²) in [5, 5.41) is 10.0. The molecule has 0 aliphatic heterocycles. The van der Waals surface area contributed by atoms with Crippen molar-refractivity contribution in [2.45, 2.75) is 13.5 Å². The molecule has 1 heterocycles. The zero-order chi connectivity index (χ0) is 10.7. The minimum absolute atomic E-state index is 0.702. The van der Waals surface area contributed by atoms with Gasteiger partial charge in [0.15, 0.2) is 0 Å². The second-order valence-electron chi connectivity index (χ2n) is 3.53. The van der Waals surface area contributed by atoms with Crippen LogP contribution in [0.25, 0.3) is 0 Å². The number of rotatable bonds is 3. The van der Waals surface area contributed by atoms with E-state index in [9.17, 15) is 0 Å². The van der Waals surface area contributed by atoms with Crippen LogP contribution >= 0.6 is 0 Å². The van der Waals surface area contributed by atoms with Crippen LogP contribution in [0.1, 0.15) is 11.3 Å². The van der Waals surface area contributed by atoms with Gasteiger partial charge < -0.3 is 11.1 Å².